The van der Waals surface area contributed by atoms with Crippen molar-refractivity contribution in [3.63, 3.8) is 0 Å². The highest BCUT2D eigenvalue weighted by atomic mass is 32.2. The van der Waals surface area contributed by atoms with Crippen LogP contribution in [0.1, 0.15) is 0 Å². The molecule has 10 heteroatoms. The fourth-order valence-electron chi connectivity index (χ4n) is 2.82. The Bertz CT molecular complexity index is 1270. The zero-order chi connectivity index (χ0) is 22.8. The molecule has 2 aromatic carbocycles. The summed E-state index contributed by atoms with van der Waals surface area (Å²) in [5.74, 6) is -0.533. The van der Waals surface area contributed by atoms with Crippen molar-refractivity contribution in [1.82, 2.24) is 9.78 Å². The Morgan fingerprint density at radius 1 is 0.968 bits per heavy atom. The maximum Gasteiger partial charge on any atom is 0.279 e. The van der Waals surface area contributed by atoms with Gasteiger partial charge in [0.2, 0.25) is 0 Å². The van der Waals surface area contributed by atoms with Crippen LogP contribution in [0.15, 0.2) is 70.5 Å². The lowest BCUT2D eigenvalue weighted by molar-refractivity contribution is 0.0753. The summed E-state index contributed by atoms with van der Waals surface area (Å²) < 4.78 is 75.5. The molecule has 0 radical (unpaired) electrons. The predicted molar refractivity (Wildman–Crippen MR) is 109 cm³/mol. The van der Waals surface area contributed by atoms with Gasteiger partial charge in [-0.15, -0.1) is 0 Å². The highest BCUT2D eigenvalue weighted by molar-refractivity contribution is 7.90. The van der Waals surface area contributed by atoms with Gasteiger partial charge in [-0.1, -0.05) is 24.3 Å². The van der Waals surface area contributed by atoms with Gasteiger partial charge in [-0.05, 0) is 41.5 Å². The maximum absolute atomic E-state index is 13.4. The van der Waals surface area contributed by atoms with Crippen molar-refractivity contribution in [3.05, 3.63) is 77.0 Å². The number of hydrogen-bond donors (Lipinski definition) is 0. The number of nitrogens with zero attached hydrogens (tertiary/aromatic N) is 2. The van der Waals surface area contributed by atoms with E-state index < -0.39 is 33.8 Å². The Hall–Kier alpha value is -3.27. The second kappa shape index (κ2) is 8.84. The van der Waals surface area contributed by atoms with Gasteiger partial charge in [-0.2, -0.15) is 5.10 Å². The smallest absolute Gasteiger partial charge is 0.267 e. The number of hydrogen-bond acceptors (Lipinski definition) is 4. The third-order valence-electron chi connectivity index (χ3n) is 4.38. The van der Waals surface area contributed by atoms with E-state index in [-0.39, 0.29) is 10.5 Å². The number of allylic oxidation sites excluding steroid dienone is 1. The van der Waals surface area contributed by atoms with Gasteiger partial charge in [-0.25, -0.2) is 30.7 Å². The van der Waals surface area contributed by atoms with E-state index in [2.05, 4.69) is 5.10 Å². The standard InChI is InChI=1S/C21H16F4N2O3S/c1-31(29,30)16-8-4-13(5-9-16)17-12-26-27(11-10-18(23)20(24)25)21(28)19(17)14-2-6-15(22)7-3-14/h2-12,18,20H,1H3/t18-/m0/s1. The second-order valence-electron chi connectivity index (χ2n) is 6.61. The van der Waals surface area contributed by atoms with Crippen molar-refractivity contribution in [2.75, 3.05) is 6.26 Å². The average Bonchev–Trinajstić information content (AvgIpc) is 2.72. The van der Waals surface area contributed by atoms with Crippen LogP contribution in [0, 0.1) is 5.82 Å². The van der Waals surface area contributed by atoms with Gasteiger partial charge in [0, 0.05) is 18.0 Å². The maximum atomic E-state index is 13.4. The van der Waals surface area contributed by atoms with Crippen molar-refractivity contribution in [2.24, 2.45) is 0 Å². The van der Waals surface area contributed by atoms with Crippen LogP contribution >= 0.6 is 0 Å². The minimum atomic E-state index is -3.44. The van der Waals surface area contributed by atoms with E-state index in [0.717, 1.165) is 24.6 Å². The van der Waals surface area contributed by atoms with Crippen LogP contribution in [-0.4, -0.2) is 37.1 Å². The van der Waals surface area contributed by atoms with Crippen molar-refractivity contribution in [1.29, 1.82) is 0 Å². The van der Waals surface area contributed by atoms with Crippen molar-refractivity contribution in [2.45, 2.75) is 17.5 Å². The van der Waals surface area contributed by atoms with Crippen LogP contribution in [0.3, 0.4) is 0 Å². The molecule has 1 aromatic heterocycles. The third-order valence-corrected chi connectivity index (χ3v) is 5.51. The molecule has 3 aromatic rings. The molecule has 1 atom stereocenters. The van der Waals surface area contributed by atoms with E-state index >= 15 is 0 Å². The Morgan fingerprint density at radius 2 is 1.55 bits per heavy atom. The summed E-state index contributed by atoms with van der Waals surface area (Å²) in [5, 5.41) is 3.87. The molecule has 0 N–H and O–H groups in total. The molecule has 31 heavy (non-hydrogen) atoms. The van der Waals surface area contributed by atoms with E-state index in [4.69, 9.17) is 0 Å². The molecule has 0 bridgehead atoms. The molecule has 0 aliphatic carbocycles. The molecule has 0 amide bonds. The van der Waals surface area contributed by atoms with E-state index in [1.54, 1.807) is 0 Å². The first-order valence-electron chi connectivity index (χ1n) is 8.86. The van der Waals surface area contributed by atoms with Crippen LogP contribution in [0.2, 0.25) is 0 Å². The summed E-state index contributed by atoms with van der Waals surface area (Å²) in [6.07, 6.45) is -2.22. The van der Waals surface area contributed by atoms with E-state index in [0.29, 0.717) is 27.4 Å². The molecule has 0 fully saturated rings. The van der Waals surface area contributed by atoms with Crippen LogP contribution in [0.4, 0.5) is 17.6 Å². The highest BCUT2D eigenvalue weighted by Crippen LogP contribution is 2.29. The molecule has 0 saturated carbocycles. The summed E-state index contributed by atoms with van der Waals surface area (Å²) in [6.45, 7) is 0. The Morgan fingerprint density at radius 3 is 2.10 bits per heavy atom. The Kier molecular flexibility index (Phi) is 6.40. The fourth-order valence-corrected chi connectivity index (χ4v) is 3.45. The minimum absolute atomic E-state index is 0.0548. The van der Waals surface area contributed by atoms with Crippen LogP contribution < -0.4 is 5.56 Å². The number of benzene rings is 2. The second-order valence-corrected chi connectivity index (χ2v) is 8.62. The number of alkyl halides is 3. The number of halogens is 4. The van der Waals surface area contributed by atoms with E-state index in [1.807, 2.05) is 0 Å². The summed E-state index contributed by atoms with van der Waals surface area (Å²) in [4.78, 5) is 13.1. The van der Waals surface area contributed by atoms with Crippen LogP contribution in [-0.2, 0) is 9.84 Å². The lowest BCUT2D eigenvalue weighted by Gasteiger charge is -2.12. The average molecular weight is 452 g/mol. The number of sulfone groups is 1. The lowest BCUT2D eigenvalue weighted by Crippen LogP contribution is -2.21. The molecular weight excluding hydrogens is 436 g/mol. The first kappa shape index (κ1) is 22.4. The SMILES string of the molecule is CS(=O)(=O)c1ccc(-c2cnn(C=C[C@H](F)C(F)F)c(=O)c2-c2ccc(F)cc2)cc1. The zero-order valence-corrected chi connectivity index (χ0v) is 16.9. The van der Waals surface area contributed by atoms with Gasteiger partial charge in [0.25, 0.3) is 12.0 Å². The summed E-state index contributed by atoms with van der Waals surface area (Å²) in [7, 11) is -3.44. The molecule has 162 valence electrons. The Labute approximate surface area is 175 Å². The number of rotatable bonds is 6. The van der Waals surface area contributed by atoms with Crippen molar-refractivity contribution in [3.8, 4) is 22.3 Å². The van der Waals surface area contributed by atoms with Crippen LogP contribution in [0.5, 0.6) is 0 Å². The fraction of sp³-hybridized carbons (Fsp3) is 0.143. The summed E-state index contributed by atoms with van der Waals surface area (Å²) in [5.41, 5.74) is 0.354. The van der Waals surface area contributed by atoms with E-state index in [9.17, 15) is 30.8 Å². The predicted octanol–water partition coefficient (Wildman–Crippen LogP) is 4.19. The van der Waals surface area contributed by atoms with Gasteiger partial charge in [0.05, 0.1) is 16.7 Å². The summed E-state index contributed by atoms with van der Waals surface area (Å²) >= 11 is 0. The van der Waals surface area contributed by atoms with Crippen molar-refractivity contribution < 1.29 is 26.0 Å². The largest absolute Gasteiger partial charge is 0.279 e. The Balaban J connectivity index is 2.18. The normalized spacial score (nSPS) is 13.1. The first-order chi connectivity index (χ1) is 14.6. The van der Waals surface area contributed by atoms with E-state index in [1.165, 1.54) is 42.6 Å². The first-order valence-corrected chi connectivity index (χ1v) is 10.8. The molecule has 3 rings (SSSR count). The summed E-state index contributed by atoms with van der Waals surface area (Å²) in [6, 6.07) is 10.7. The van der Waals surface area contributed by atoms with Crippen molar-refractivity contribution >= 4 is 16.0 Å². The number of aromatic nitrogens is 2. The molecule has 0 unspecified atom stereocenters. The van der Waals surface area contributed by atoms with Gasteiger partial charge in [-0.3, -0.25) is 4.79 Å². The molecule has 5 nitrogen and oxygen atoms in total. The molecular formula is C21H16F4N2O3S. The highest BCUT2D eigenvalue weighted by Gasteiger charge is 2.18. The lowest BCUT2D eigenvalue weighted by atomic mass is 9.97. The van der Waals surface area contributed by atoms with Gasteiger partial charge in [0.1, 0.15) is 5.82 Å². The quantitative estimate of drug-likeness (QED) is 0.526. The molecule has 0 aliphatic rings. The van der Waals surface area contributed by atoms with Gasteiger partial charge >= 0.3 is 0 Å². The topological polar surface area (TPSA) is 69.0 Å². The zero-order valence-electron chi connectivity index (χ0n) is 16.0. The van der Waals surface area contributed by atoms with Gasteiger partial charge in [0.15, 0.2) is 16.0 Å². The van der Waals surface area contributed by atoms with Crippen LogP contribution in [0.25, 0.3) is 28.5 Å². The third kappa shape index (κ3) is 5.08. The monoisotopic (exact) mass is 452 g/mol. The molecule has 0 spiro atoms. The molecule has 0 aliphatic heterocycles. The molecule has 1 heterocycles. The molecule has 0 saturated heterocycles. The minimum Gasteiger partial charge on any atom is -0.267 e. The van der Waals surface area contributed by atoms with Gasteiger partial charge < -0.3 is 0 Å².